The predicted octanol–water partition coefficient (Wildman–Crippen LogP) is 1.75. The quantitative estimate of drug-likeness (QED) is 0.757. The van der Waals surface area contributed by atoms with Crippen molar-refractivity contribution in [1.29, 1.82) is 0 Å². The van der Waals surface area contributed by atoms with Crippen molar-refractivity contribution in [3.05, 3.63) is 71.4 Å². The van der Waals surface area contributed by atoms with E-state index in [0.29, 0.717) is 35.6 Å². The topological polar surface area (TPSA) is 56.8 Å². The fraction of sp³-hybridized carbons (Fsp3) is 0.286. The Bertz CT molecular complexity index is 919. The summed E-state index contributed by atoms with van der Waals surface area (Å²) < 4.78 is 13.4. The highest BCUT2D eigenvalue weighted by Gasteiger charge is 2.42. The zero-order valence-electron chi connectivity index (χ0n) is 15.6. The lowest BCUT2D eigenvalue weighted by Crippen LogP contribution is -2.46. The number of imide groups is 1. The van der Waals surface area contributed by atoms with E-state index in [1.54, 1.807) is 30.5 Å². The standard InChI is InChI=1S/C21H21FN4O2/c1-24-10-12-25(13-11-24)19-18(15-5-7-16(22)8-6-15)20(27)26(21(19)28)14-17-4-2-3-9-23-17/h2-9H,10-14H2,1H3. The third-order valence-electron chi connectivity index (χ3n) is 5.14. The van der Waals surface area contributed by atoms with E-state index >= 15 is 0 Å². The van der Waals surface area contributed by atoms with Gasteiger partial charge in [0.25, 0.3) is 11.8 Å². The largest absolute Gasteiger partial charge is 0.364 e. The summed E-state index contributed by atoms with van der Waals surface area (Å²) >= 11 is 0. The molecular weight excluding hydrogens is 359 g/mol. The van der Waals surface area contributed by atoms with Crippen LogP contribution in [0.3, 0.4) is 0 Å². The molecule has 28 heavy (non-hydrogen) atoms. The third kappa shape index (κ3) is 3.41. The molecule has 1 aromatic heterocycles. The molecule has 1 fully saturated rings. The number of halogens is 1. The smallest absolute Gasteiger partial charge is 0.278 e. The number of benzene rings is 1. The Kier molecular flexibility index (Phi) is 4.92. The molecule has 2 amide bonds. The van der Waals surface area contributed by atoms with Crippen LogP contribution in [0.25, 0.3) is 5.57 Å². The lowest BCUT2D eigenvalue weighted by atomic mass is 10.0. The third-order valence-corrected chi connectivity index (χ3v) is 5.14. The average molecular weight is 380 g/mol. The van der Waals surface area contributed by atoms with Crippen LogP contribution in [0.2, 0.25) is 0 Å². The fourth-order valence-electron chi connectivity index (χ4n) is 3.56. The van der Waals surface area contributed by atoms with Crippen LogP contribution in [0.15, 0.2) is 54.4 Å². The Morgan fingerprint density at radius 1 is 0.964 bits per heavy atom. The first-order chi connectivity index (χ1) is 13.5. The van der Waals surface area contributed by atoms with E-state index < -0.39 is 0 Å². The van der Waals surface area contributed by atoms with Gasteiger partial charge in [-0.1, -0.05) is 18.2 Å². The molecule has 0 unspecified atom stereocenters. The molecule has 0 radical (unpaired) electrons. The molecule has 0 saturated carbocycles. The summed E-state index contributed by atoms with van der Waals surface area (Å²) in [6.07, 6.45) is 1.63. The van der Waals surface area contributed by atoms with E-state index in [9.17, 15) is 14.0 Å². The first kappa shape index (κ1) is 18.3. The van der Waals surface area contributed by atoms with Crippen molar-refractivity contribution < 1.29 is 14.0 Å². The molecule has 144 valence electrons. The van der Waals surface area contributed by atoms with Crippen molar-refractivity contribution >= 4 is 17.4 Å². The van der Waals surface area contributed by atoms with Crippen molar-refractivity contribution in [2.45, 2.75) is 6.54 Å². The highest BCUT2D eigenvalue weighted by molar-refractivity contribution is 6.35. The number of rotatable bonds is 4. The normalized spacial score (nSPS) is 18.4. The molecule has 0 spiro atoms. The minimum atomic E-state index is -0.382. The van der Waals surface area contributed by atoms with Crippen molar-refractivity contribution in [3.63, 3.8) is 0 Å². The Hall–Kier alpha value is -3.06. The lowest BCUT2D eigenvalue weighted by molar-refractivity contribution is -0.138. The number of hydrogen-bond donors (Lipinski definition) is 0. The molecule has 4 rings (SSSR count). The van der Waals surface area contributed by atoms with Gasteiger partial charge >= 0.3 is 0 Å². The van der Waals surface area contributed by atoms with Crippen LogP contribution in [0.5, 0.6) is 0 Å². The van der Waals surface area contributed by atoms with Crippen LogP contribution >= 0.6 is 0 Å². The fourth-order valence-corrected chi connectivity index (χ4v) is 3.56. The number of aromatic nitrogens is 1. The molecule has 0 aliphatic carbocycles. The predicted molar refractivity (Wildman–Crippen MR) is 102 cm³/mol. The molecule has 1 saturated heterocycles. The van der Waals surface area contributed by atoms with Gasteiger partial charge in [0.05, 0.1) is 17.8 Å². The number of carbonyl (C=O) groups excluding carboxylic acids is 2. The highest BCUT2D eigenvalue weighted by Crippen LogP contribution is 2.33. The summed E-state index contributed by atoms with van der Waals surface area (Å²) in [5, 5.41) is 0. The molecule has 2 aliphatic rings. The van der Waals surface area contributed by atoms with Crippen LogP contribution in [0.4, 0.5) is 4.39 Å². The monoisotopic (exact) mass is 380 g/mol. The zero-order valence-corrected chi connectivity index (χ0v) is 15.6. The van der Waals surface area contributed by atoms with E-state index in [1.807, 2.05) is 18.0 Å². The minimum absolute atomic E-state index is 0.112. The van der Waals surface area contributed by atoms with Crippen LogP contribution < -0.4 is 0 Å². The average Bonchev–Trinajstić information content (AvgIpc) is 2.95. The minimum Gasteiger partial charge on any atom is -0.364 e. The van der Waals surface area contributed by atoms with Crippen LogP contribution in [0, 0.1) is 5.82 Å². The second-order valence-electron chi connectivity index (χ2n) is 7.04. The maximum absolute atomic E-state index is 13.4. The van der Waals surface area contributed by atoms with Crippen molar-refractivity contribution in [2.75, 3.05) is 33.2 Å². The number of piperazine rings is 1. The number of pyridine rings is 1. The summed E-state index contributed by atoms with van der Waals surface area (Å²) in [4.78, 5) is 36.1. The Labute approximate surface area is 162 Å². The van der Waals surface area contributed by atoms with Crippen LogP contribution in [-0.2, 0) is 16.1 Å². The van der Waals surface area contributed by atoms with Crippen LogP contribution in [-0.4, -0.2) is 64.7 Å². The van der Waals surface area contributed by atoms with E-state index in [1.165, 1.54) is 17.0 Å². The number of carbonyl (C=O) groups is 2. The number of nitrogens with zero attached hydrogens (tertiary/aromatic N) is 4. The first-order valence-electron chi connectivity index (χ1n) is 9.24. The van der Waals surface area contributed by atoms with Gasteiger partial charge in [-0.2, -0.15) is 0 Å². The number of likely N-dealkylation sites (N-methyl/N-ethyl adjacent to an activating group) is 1. The molecule has 2 aliphatic heterocycles. The van der Waals surface area contributed by atoms with E-state index in [2.05, 4.69) is 9.88 Å². The van der Waals surface area contributed by atoms with Gasteiger partial charge in [-0.25, -0.2) is 4.39 Å². The first-order valence-corrected chi connectivity index (χ1v) is 9.24. The van der Waals surface area contributed by atoms with Gasteiger partial charge in [0.15, 0.2) is 0 Å². The number of amides is 2. The van der Waals surface area contributed by atoms with Gasteiger partial charge in [-0.15, -0.1) is 0 Å². The van der Waals surface area contributed by atoms with Crippen LogP contribution in [0.1, 0.15) is 11.3 Å². The molecule has 0 bridgehead atoms. The Morgan fingerprint density at radius 3 is 2.32 bits per heavy atom. The zero-order chi connectivity index (χ0) is 19.7. The number of hydrogen-bond acceptors (Lipinski definition) is 5. The molecule has 3 heterocycles. The molecule has 7 heteroatoms. The lowest BCUT2D eigenvalue weighted by Gasteiger charge is -2.34. The maximum atomic E-state index is 13.4. The highest BCUT2D eigenvalue weighted by atomic mass is 19.1. The van der Waals surface area contributed by atoms with Gasteiger partial charge in [0.1, 0.15) is 11.5 Å². The van der Waals surface area contributed by atoms with Gasteiger partial charge in [0.2, 0.25) is 0 Å². The second-order valence-corrected chi connectivity index (χ2v) is 7.04. The summed E-state index contributed by atoms with van der Waals surface area (Å²) in [6, 6.07) is 11.1. The SMILES string of the molecule is CN1CCN(C2=C(c3ccc(F)cc3)C(=O)N(Cc3ccccn3)C2=O)CC1. The summed E-state index contributed by atoms with van der Waals surface area (Å²) in [7, 11) is 2.03. The molecule has 0 N–H and O–H groups in total. The van der Waals surface area contributed by atoms with Gasteiger partial charge < -0.3 is 9.80 Å². The Morgan fingerprint density at radius 2 is 1.68 bits per heavy atom. The molecule has 6 nitrogen and oxygen atoms in total. The van der Waals surface area contributed by atoms with Gasteiger partial charge in [-0.05, 0) is 36.9 Å². The van der Waals surface area contributed by atoms with Gasteiger partial charge in [0, 0.05) is 32.4 Å². The van der Waals surface area contributed by atoms with E-state index in [4.69, 9.17) is 0 Å². The molecule has 2 aromatic rings. The van der Waals surface area contributed by atoms with Crippen molar-refractivity contribution in [3.8, 4) is 0 Å². The second kappa shape index (κ2) is 7.52. The summed E-state index contributed by atoms with van der Waals surface area (Å²) in [5.74, 6) is -1.07. The van der Waals surface area contributed by atoms with Crippen molar-refractivity contribution in [2.24, 2.45) is 0 Å². The van der Waals surface area contributed by atoms with Gasteiger partial charge in [-0.3, -0.25) is 19.5 Å². The Balaban J connectivity index is 1.72. The van der Waals surface area contributed by atoms with Crippen molar-refractivity contribution in [1.82, 2.24) is 19.7 Å². The molecule has 1 aromatic carbocycles. The summed E-state index contributed by atoms with van der Waals surface area (Å²) in [5.41, 5.74) is 1.94. The maximum Gasteiger partial charge on any atom is 0.278 e. The van der Waals surface area contributed by atoms with E-state index in [0.717, 1.165) is 13.1 Å². The van der Waals surface area contributed by atoms with E-state index in [-0.39, 0.29) is 24.2 Å². The molecule has 0 atom stereocenters. The molecular formula is C21H21FN4O2. The summed E-state index contributed by atoms with van der Waals surface area (Å²) in [6.45, 7) is 3.05.